The molecule has 22 heavy (non-hydrogen) atoms. The number of likely N-dealkylation sites (N-methyl/N-ethyl adjacent to an activating group) is 1. The van der Waals surface area contributed by atoms with Gasteiger partial charge in [-0.05, 0) is 19.1 Å². The Morgan fingerprint density at radius 2 is 2.05 bits per heavy atom. The molecule has 1 aliphatic rings. The smallest absolute Gasteiger partial charge is 0.295 e. The molecule has 120 valence electrons. The van der Waals surface area contributed by atoms with Gasteiger partial charge in [0.1, 0.15) is 11.5 Å². The van der Waals surface area contributed by atoms with Crippen LogP contribution in [-0.4, -0.2) is 55.0 Å². The van der Waals surface area contributed by atoms with E-state index in [0.29, 0.717) is 45.0 Å². The van der Waals surface area contributed by atoms with Gasteiger partial charge in [-0.25, -0.2) is 4.39 Å². The first-order chi connectivity index (χ1) is 10.5. The predicted molar refractivity (Wildman–Crippen MR) is 80.4 cm³/mol. The maximum Gasteiger partial charge on any atom is 0.295 e. The molecule has 1 aromatic carbocycles. The molecular formula is C14H19FN4O3. The molecule has 2 rings (SSSR count). The molecule has 1 aliphatic heterocycles. The van der Waals surface area contributed by atoms with Gasteiger partial charge in [0.2, 0.25) is 5.91 Å². The average molecular weight is 310 g/mol. The third-order valence-corrected chi connectivity index (χ3v) is 3.59. The van der Waals surface area contributed by atoms with Crippen LogP contribution in [0.5, 0.6) is 0 Å². The minimum atomic E-state index is -0.620. The molecule has 0 spiro atoms. The number of nitro benzene ring substituents is 1. The molecule has 7 nitrogen and oxygen atoms in total. The van der Waals surface area contributed by atoms with E-state index in [9.17, 15) is 19.3 Å². The predicted octanol–water partition coefficient (Wildman–Crippen LogP) is 0.992. The van der Waals surface area contributed by atoms with E-state index < -0.39 is 10.7 Å². The molecule has 0 bridgehead atoms. The lowest BCUT2D eigenvalue weighted by Crippen LogP contribution is -2.49. The summed E-state index contributed by atoms with van der Waals surface area (Å²) >= 11 is 0. The van der Waals surface area contributed by atoms with Crippen molar-refractivity contribution >= 4 is 17.3 Å². The topological polar surface area (TPSA) is 78.7 Å². The van der Waals surface area contributed by atoms with E-state index in [4.69, 9.17) is 0 Å². The van der Waals surface area contributed by atoms with Crippen molar-refractivity contribution in [3.8, 4) is 0 Å². The fourth-order valence-electron chi connectivity index (χ4n) is 2.51. The zero-order valence-corrected chi connectivity index (χ0v) is 12.4. The van der Waals surface area contributed by atoms with E-state index >= 15 is 0 Å². The SMILES string of the molecule is CCNC(=O)CN1CCN(c2ccc(F)cc2[N+](=O)[O-])CC1. The number of carbonyl (C=O) groups excluding carboxylic acids is 1. The fraction of sp³-hybridized carbons (Fsp3) is 0.500. The minimum absolute atomic E-state index is 0.0243. The number of anilines is 1. The van der Waals surface area contributed by atoms with Gasteiger partial charge in [0, 0.05) is 32.7 Å². The summed E-state index contributed by atoms with van der Waals surface area (Å²) in [5, 5.41) is 13.8. The summed E-state index contributed by atoms with van der Waals surface area (Å²) in [4.78, 5) is 25.9. The van der Waals surface area contributed by atoms with Crippen LogP contribution in [0.3, 0.4) is 0 Å². The molecular weight excluding hydrogens is 291 g/mol. The van der Waals surface area contributed by atoms with Gasteiger partial charge in [-0.3, -0.25) is 19.8 Å². The number of nitrogens with one attached hydrogen (secondary N) is 1. The molecule has 1 N–H and O–H groups in total. The first-order valence-corrected chi connectivity index (χ1v) is 7.19. The third-order valence-electron chi connectivity index (χ3n) is 3.59. The van der Waals surface area contributed by atoms with Crippen LogP contribution in [0.1, 0.15) is 6.92 Å². The molecule has 1 amide bonds. The highest BCUT2D eigenvalue weighted by Gasteiger charge is 2.24. The number of benzene rings is 1. The van der Waals surface area contributed by atoms with Crippen LogP contribution in [0.25, 0.3) is 0 Å². The lowest BCUT2D eigenvalue weighted by molar-refractivity contribution is -0.384. The molecule has 0 aliphatic carbocycles. The number of nitro groups is 1. The van der Waals surface area contributed by atoms with E-state index in [0.717, 1.165) is 6.07 Å². The third kappa shape index (κ3) is 3.91. The van der Waals surface area contributed by atoms with Crippen molar-refractivity contribution in [1.82, 2.24) is 10.2 Å². The number of hydrogen-bond acceptors (Lipinski definition) is 5. The minimum Gasteiger partial charge on any atom is -0.363 e. The number of hydrogen-bond donors (Lipinski definition) is 1. The molecule has 1 aromatic rings. The molecule has 1 saturated heterocycles. The van der Waals surface area contributed by atoms with Crippen LogP contribution in [0, 0.1) is 15.9 Å². The monoisotopic (exact) mass is 310 g/mol. The van der Waals surface area contributed by atoms with Crippen molar-refractivity contribution in [1.29, 1.82) is 0 Å². The second kappa shape index (κ2) is 7.17. The van der Waals surface area contributed by atoms with E-state index in [1.54, 1.807) is 0 Å². The van der Waals surface area contributed by atoms with Crippen LogP contribution in [0.15, 0.2) is 18.2 Å². The summed E-state index contributed by atoms with van der Waals surface area (Å²) in [6.45, 7) is 5.17. The van der Waals surface area contributed by atoms with Gasteiger partial charge in [-0.2, -0.15) is 0 Å². The van der Waals surface area contributed by atoms with Crippen molar-refractivity contribution in [3.63, 3.8) is 0 Å². The average Bonchev–Trinajstić information content (AvgIpc) is 2.48. The van der Waals surface area contributed by atoms with Crippen molar-refractivity contribution < 1.29 is 14.1 Å². The maximum atomic E-state index is 13.2. The van der Waals surface area contributed by atoms with Gasteiger partial charge in [0.25, 0.3) is 5.69 Å². The number of nitrogens with zero attached hydrogens (tertiary/aromatic N) is 3. The summed E-state index contributed by atoms with van der Waals surface area (Å²) in [7, 11) is 0. The Kier molecular flexibility index (Phi) is 5.26. The van der Waals surface area contributed by atoms with Crippen molar-refractivity contribution in [2.75, 3.05) is 44.2 Å². The lowest BCUT2D eigenvalue weighted by Gasteiger charge is -2.35. The van der Waals surface area contributed by atoms with E-state index in [1.165, 1.54) is 12.1 Å². The maximum absolute atomic E-state index is 13.2. The molecule has 0 atom stereocenters. The Balaban J connectivity index is 2.00. The van der Waals surface area contributed by atoms with Gasteiger partial charge >= 0.3 is 0 Å². The van der Waals surface area contributed by atoms with Gasteiger partial charge < -0.3 is 10.2 Å². The summed E-state index contributed by atoms with van der Waals surface area (Å²) < 4.78 is 13.2. The largest absolute Gasteiger partial charge is 0.363 e. The zero-order chi connectivity index (χ0) is 16.1. The number of amides is 1. The summed E-state index contributed by atoms with van der Waals surface area (Å²) in [5.41, 5.74) is 0.196. The second-order valence-electron chi connectivity index (χ2n) is 5.11. The van der Waals surface area contributed by atoms with E-state index in [-0.39, 0.29) is 11.6 Å². The zero-order valence-electron chi connectivity index (χ0n) is 12.4. The standard InChI is InChI=1S/C14H19FN4O3/c1-2-16-14(20)10-17-5-7-18(8-6-17)12-4-3-11(15)9-13(12)19(21)22/h3-4,9H,2,5-8,10H2,1H3,(H,16,20). The van der Waals surface area contributed by atoms with E-state index in [2.05, 4.69) is 5.32 Å². The van der Waals surface area contributed by atoms with Crippen LogP contribution in [0.2, 0.25) is 0 Å². The molecule has 1 heterocycles. The Morgan fingerprint density at radius 1 is 1.36 bits per heavy atom. The van der Waals surface area contributed by atoms with Gasteiger partial charge in [-0.15, -0.1) is 0 Å². The van der Waals surface area contributed by atoms with Gasteiger partial charge in [0.15, 0.2) is 0 Å². The number of piperazine rings is 1. The molecule has 8 heteroatoms. The highest BCUT2D eigenvalue weighted by atomic mass is 19.1. The Morgan fingerprint density at radius 3 is 2.64 bits per heavy atom. The van der Waals surface area contributed by atoms with Crippen LogP contribution in [-0.2, 0) is 4.79 Å². The molecule has 0 radical (unpaired) electrons. The summed E-state index contributed by atoms with van der Waals surface area (Å²) in [6, 6.07) is 3.60. The quantitative estimate of drug-likeness (QED) is 0.648. The number of rotatable bonds is 5. The van der Waals surface area contributed by atoms with Crippen molar-refractivity contribution in [2.24, 2.45) is 0 Å². The fourth-order valence-corrected chi connectivity index (χ4v) is 2.51. The molecule has 0 saturated carbocycles. The number of carbonyl (C=O) groups is 1. The van der Waals surface area contributed by atoms with Gasteiger partial charge in [0.05, 0.1) is 17.5 Å². The first kappa shape index (κ1) is 16.2. The Bertz CT molecular complexity index is 559. The normalized spacial score (nSPS) is 15.6. The summed E-state index contributed by atoms with van der Waals surface area (Å²) in [6.07, 6.45) is 0. The molecule has 1 fully saturated rings. The van der Waals surface area contributed by atoms with Crippen LogP contribution < -0.4 is 10.2 Å². The summed E-state index contributed by atoms with van der Waals surface area (Å²) in [5.74, 6) is -0.644. The highest BCUT2D eigenvalue weighted by Crippen LogP contribution is 2.29. The van der Waals surface area contributed by atoms with Gasteiger partial charge in [-0.1, -0.05) is 0 Å². The first-order valence-electron chi connectivity index (χ1n) is 7.19. The van der Waals surface area contributed by atoms with Crippen LogP contribution in [0.4, 0.5) is 15.8 Å². The second-order valence-corrected chi connectivity index (χ2v) is 5.11. The molecule has 0 unspecified atom stereocenters. The van der Waals surface area contributed by atoms with E-state index in [1.807, 2.05) is 16.7 Å². The Labute approximate surface area is 127 Å². The lowest BCUT2D eigenvalue weighted by atomic mass is 10.2. The highest BCUT2D eigenvalue weighted by molar-refractivity contribution is 5.78. The van der Waals surface area contributed by atoms with Crippen molar-refractivity contribution in [3.05, 3.63) is 34.1 Å². The Hall–Kier alpha value is -2.22. The molecule has 0 aromatic heterocycles. The number of halogens is 1. The van der Waals surface area contributed by atoms with Crippen LogP contribution >= 0.6 is 0 Å². The van der Waals surface area contributed by atoms with Crippen molar-refractivity contribution in [2.45, 2.75) is 6.92 Å².